The fraction of sp³-hybridized carbons (Fsp3) is 0.464. The van der Waals surface area contributed by atoms with Gasteiger partial charge in [0.2, 0.25) is 11.8 Å². The van der Waals surface area contributed by atoms with Crippen LogP contribution in [0.4, 0.5) is 4.79 Å². The van der Waals surface area contributed by atoms with Gasteiger partial charge in [0, 0.05) is 43.6 Å². The van der Waals surface area contributed by atoms with Crippen molar-refractivity contribution in [3.05, 3.63) is 70.1 Å². The molecule has 0 radical (unpaired) electrons. The zero-order chi connectivity index (χ0) is 34.2. The van der Waals surface area contributed by atoms with Crippen molar-refractivity contribution in [2.45, 2.75) is 24.4 Å². The number of carbonyl (C=O) groups is 3. The molecule has 4 rings (SSSR count). The molecule has 2 atom stereocenters. The van der Waals surface area contributed by atoms with Gasteiger partial charge in [-0.2, -0.15) is 16.8 Å². The Morgan fingerprint density at radius 2 is 1.45 bits per heavy atom. The summed E-state index contributed by atoms with van der Waals surface area (Å²) in [6.07, 6.45) is -0.615. The van der Waals surface area contributed by atoms with E-state index in [1.165, 1.54) is 4.90 Å². The van der Waals surface area contributed by atoms with Gasteiger partial charge in [-0.15, -0.1) is 0 Å². The number of hydrogen-bond acceptors (Lipinski definition) is 10. The molecule has 0 aromatic heterocycles. The van der Waals surface area contributed by atoms with E-state index < -0.39 is 61.7 Å². The third-order valence-corrected chi connectivity index (χ3v) is 9.31. The van der Waals surface area contributed by atoms with E-state index in [0.29, 0.717) is 32.6 Å². The van der Waals surface area contributed by atoms with Gasteiger partial charge in [0.15, 0.2) is 0 Å². The largest absolute Gasteiger partial charge is 0.449 e. The summed E-state index contributed by atoms with van der Waals surface area (Å²) < 4.78 is 71.4. The molecule has 4 N–H and O–H groups in total. The van der Waals surface area contributed by atoms with Gasteiger partial charge in [-0.05, 0) is 40.8 Å². The fourth-order valence-electron chi connectivity index (χ4n) is 5.66. The Labute approximate surface area is 271 Å². The van der Waals surface area contributed by atoms with Gasteiger partial charge in [0.25, 0.3) is 20.2 Å². The third-order valence-electron chi connectivity index (χ3n) is 7.80. The van der Waals surface area contributed by atoms with Crippen molar-refractivity contribution in [3.63, 3.8) is 0 Å². The van der Waals surface area contributed by atoms with Crippen molar-refractivity contribution in [1.82, 2.24) is 20.4 Å². The number of hydrogen-bond donors (Lipinski definition) is 4. The van der Waals surface area contributed by atoms with E-state index in [-0.39, 0.29) is 25.6 Å². The van der Waals surface area contributed by atoms with Gasteiger partial charge in [-0.25, -0.2) is 4.79 Å². The van der Waals surface area contributed by atoms with Crippen molar-refractivity contribution in [2.24, 2.45) is 5.11 Å². The summed E-state index contributed by atoms with van der Waals surface area (Å²) in [5.41, 5.74) is 12.1. The molecule has 47 heavy (non-hydrogen) atoms. The van der Waals surface area contributed by atoms with Crippen molar-refractivity contribution in [1.29, 1.82) is 0 Å². The van der Waals surface area contributed by atoms with Gasteiger partial charge < -0.3 is 20.3 Å². The molecule has 0 bridgehead atoms. The molecule has 1 aliphatic carbocycles. The first-order valence-corrected chi connectivity index (χ1v) is 17.8. The number of amides is 3. The molecule has 1 aliphatic heterocycles. The van der Waals surface area contributed by atoms with Crippen LogP contribution in [0.1, 0.15) is 23.5 Å². The second kappa shape index (κ2) is 15.6. The highest BCUT2D eigenvalue weighted by Crippen LogP contribution is 2.44. The highest BCUT2D eigenvalue weighted by Gasteiger charge is 2.36. The predicted molar refractivity (Wildman–Crippen MR) is 168 cm³/mol. The summed E-state index contributed by atoms with van der Waals surface area (Å²) in [4.78, 5) is 45.3. The molecule has 2 aliphatic rings. The van der Waals surface area contributed by atoms with Gasteiger partial charge in [-0.1, -0.05) is 53.6 Å². The van der Waals surface area contributed by atoms with Gasteiger partial charge in [-0.3, -0.25) is 23.6 Å². The number of nitrogens with one attached hydrogen (secondary N) is 2. The summed E-state index contributed by atoms with van der Waals surface area (Å²) in [6.45, 7) is 1.78. The van der Waals surface area contributed by atoms with Crippen LogP contribution in [0.3, 0.4) is 0 Å². The SMILES string of the molecule is [N-]=[N+]=NCCCN1CCN(C(=O)C(CS(=O)(=O)O)NC(=O)[C@H](CS(=O)(=O)O)NC(=O)OCC2c3ccccc3-c3ccccc32)CC1. The van der Waals surface area contributed by atoms with E-state index in [4.69, 9.17) is 10.3 Å². The molecule has 3 amide bonds. The lowest BCUT2D eigenvalue weighted by Crippen LogP contribution is -2.60. The number of nitrogens with zero attached hydrogens (tertiary/aromatic N) is 5. The minimum atomic E-state index is -4.88. The highest BCUT2D eigenvalue weighted by molar-refractivity contribution is 7.86. The Morgan fingerprint density at radius 3 is 2.00 bits per heavy atom. The van der Waals surface area contributed by atoms with Crippen LogP contribution in [0.5, 0.6) is 0 Å². The standard InChI is InChI=1S/C28H35N7O10S2/c29-33-30-10-5-11-34-12-14-35(15-13-34)27(37)25(18-47(42,43)44)31-26(36)24(17-46(39,40)41)32-28(38)45-16-23-21-8-3-1-6-19(21)20-7-2-4-9-22(20)23/h1-4,6-9,23-25H,5,10-18H2,(H,31,36)(H,32,38)(H,39,40,41)(H,42,43,44)/t24-,25?/m0/s1. The number of azide groups is 1. The zero-order valence-electron chi connectivity index (χ0n) is 25.1. The maximum atomic E-state index is 13.3. The zero-order valence-corrected chi connectivity index (χ0v) is 26.8. The molecular weight excluding hydrogens is 658 g/mol. The van der Waals surface area contributed by atoms with Crippen LogP contribution >= 0.6 is 0 Å². The summed E-state index contributed by atoms with van der Waals surface area (Å²) in [5.74, 6) is -5.07. The molecule has 1 heterocycles. The average molecular weight is 694 g/mol. The molecule has 2 aromatic carbocycles. The Kier molecular flexibility index (Phi) is 11.8. The lowest BCUT2D eigenvalue weighted by molar-refractivity contribution is -0.137. The second-order valence-electron chi connectivity index (χ2n) is 11.1. The molecule has 2 aromatic rings. The highest BCUT2D eigenvalue weighted by atomic mass is 32.2. The molecule has 0 saturated carbocycles. The van der Waals surface area contributed by atoms with Crippen molar-refractivity contribution in [2.75, 3.05) is 57.4 Å². The van der Waals surface area contributed by atoms with E-state index >= 15 is 0 Å². The van der Waals surface area contributed by atoms with Crippen LogP contribution in [0.2, 0.25) is 0 Å². The first-order chi connectivity index (χ1) is 22.3. The average Bonchev–Trinajstić information content (AvgIpc) is 3.33. The van der Waals surface area contributed by atoms with E-state index in [0.717, 1.165) is 22.3 Å². The summed E-state index contributed by atoms with van der Waals surface area (Å²) in [6, 6.07) is 11.2. The molecule has 1 unspecified atom stereocenters. The molecule has 17 nitrogen and oxygen atoms in total. The van der Waals surface area contributed by atoms with E-state index in [2.05, 4.69) is 20.7 Å². The lowest BCUT2D eigenvalue weighted by Gasteiger charge is -2.36. The topological polar surface area (TPSA) is 248 Å². The van der Waals surface area contributed by atoms with Crippen LogP contribution < -0.4 is 10.6 Å². The van der Waals surface area contributed by atoms with Crippen molar-refractivity contribution in [3.8, 4) is 11.1 Å². The van der Waals surface area contributed by atoms with Crippen LogP contribution in [0, 0.1) is 0 Å². The molecule has 1 fully saturated rings. The molecule has 19 heteroatoms. The Morgan fingerprint density at radius 1 is 0.894 bits per heavy atom. The number of fused-ring (bicyclic) bond motifs is 3. The van der Waals surface area contributed by atoms with Crippen molar-refractivity contribution >= 4 is 38.1 Å². The normalized spacial score (nSPS) is 16.3. The van der Waals surface area contributed by atoms with Crippen LogP contribution in [0.15, 0.2) is 53.6 Å². The van der Waals surface area contributed by atoms with Crippen molar-refractivity contribution < 1.29 is 45.1 Å². The maximum Gasteiger partial charge on any atom is 0.407 e. The summed E-state index contributed by atoms with van der Waals surface area (Å²) >= 11 is 0. The number of rotatable bonds is 14. The fourth-order valence-corrected chi connectivity index (χ4v) is 6.96. The van der Waals surface area contributed by atoms with Crippen LogP contribution in [-0.4, -0.2) is 123 Å². The number of ether oxygens (including phenoxy) is 1. The first-order valence-electron chi connectivity index (χ1n) is 14.6. The van der Waals surface area contributed by atoms with Crippen LogP contribution in [-0.2, 0) is 34.6 Å². The number of benzene rings is 2. The predicted octanol–water partition coefficient (Wildman–Crippen LogP) is 0.999. The Hall–Kier alpha value is -4.26. The monoisotopic (exact) mass is 693 g/mol. The lowest BCUT2D eigenvalue weighted by atomic mass is 9.98. The van der Waals surface area contributed by atoms with Gasteiger partial charge >= 0.3 is 6.09 Å². The van der Waals surface area contributed by atoms with Gasteiger partial charge in [0.05, 0.1) is 0 Å². The van der Waals surface area contributed by atoms with E-state index in [1.54, 1.807) is 0 Å². The molecular formula is C28H35N7O10S2. The van der Waals surface area contributed by atoms with E-state index in [1.807, 2.05) is 53.4 Å². The summed E-state index contributed by atoms with van der Waals surface area (Å²) in [5, 5.41) is 7.65. The maximum absolute atomic E-state index is 13.3. The summed E-state index contributed by atoms with van der Waals surface area (Å²) in [7, 11) is -9.70. The number of piperazine rings is 1. The number of carbonyl (C=O) groups excluding carboxylic acids is 3. The third kappa shape index (κ3) is 10.1. The minimum absolute atomic E-state index is 0.143. The first kappa shape index (κ1) is 35.6. The smallest absolute Gasteiger partial charge is 0.407 e. The minimum Gasteiger partial charge on any atom is -0.449 e. The van der Waals surface area contributed by atoms with Gasteiger partial charge in [0.1, 0.15) is 30.2 Å². The quantitative estimate of drug-likeness (QED) is 0.0714. The Balaban J connectivity index is 1.41. The molecule has 1 saturated heterocycles. The molecule has 0 spiro atoms. The van der Waals surface area contributed by atoms with E-state index in [9.17, 15) is 40.3 Å². The molecule has 254 valence electrons. The van der Waals surface area contributed by atoms with Crippen LogP contribution in [0.25, 0.3) is 21.6 Å². The Bertz CT molecular complexity index is 1700. The second-order valence-corrected chi connectivity index (χ2v) is 14.1. The number of alkyl carbamates (subject to hydrolysis) is 1.